The van der Waals surface area contributed by atoms with E-state index in [1.165, 1.54) is 12.0 Å². The van der Waals surface area contributed by atoms with Gasteiger partial charge in [-0.1, -0.05) is 12.1 Å². The standard InChI is InChI=1S/C22H25N3O5/c1-29-15-7-8-17(20(13-15)30-2)25-21(27)14-18(22(25)28)24-11-9-23(10-12-24)16-5-3-4-6-19(16)26/h3-8,13,18,26H,9-12,14H2,1-2H3/t18-/m1/s1. The molecular weight excluding hydrogens is 386 g/mol. The quantitative estimate of drug-likeness (QED) is 0.752. The van der Waals surface area contributed by atoms with E-state index in [-0.39, 0.29) is 24.0 Å². The number of hydrogen-bond acceptors (Lipinski definition) is 7. The fourth-order valence-corrected chi connectivity index (χ4v) is 4.13. The summed E-state index contributed by atoms with van der Waals surface area (Å²) in [4.78, 5) is 31.3. The third-order valence-corrected chi connectivity index (χ3v) is 5.73. The van der Waals surface area contributed by atoms with Gasteiger partial charge in [0, 0.05) is 32.2 Å². The van der Waals surface area contributed by atoms with Crippen LogP contribution in [0.4, 0.5) is 11.4 Å². The van der Waals surface area contributed by atoms with Crippen LogP contribution in [-0.2, 0) is 9.59 Å². The van der Waals surface area contributed by atoms with Gasteiger partial charge < -0.3 is 19.5 Å². The number of para-hydroxylation sites is 2. The zero-order valence-corrected chi connectivity index (χ0v) is 17.1. The molecule has 1 atom stereocenters. The molecule has 8 nitrogen and oxygen atoms in total. The first-order chi connectivity index (χ1) is 14.5. The number of anilines is 2. The predicted molar refractivity (Wildman–Crippen MR) is 112 cm³/mol. The van der Waals surface area contributed by atoms with Crippen molar-refractivity contribution in [3.05, 3.63) is 42.5 Å². The molecule has 0 aliphatic carbocycles. The fraction of sp³-hybridized carbons (Fsp3) is 0.364. The minimum absolute atomic E-state index is 0.143. The Kier molecular flexibility index (Phi) is 5.50. The fourth-order valence-electron chi connectivity index (χ4n) is 4.13. The molecule has 2 aromatic carbocycles. The van der Waals surface area contributed by atoms with Crippen molar-refractivity contribution >= 4 is 23.2 Å². The molecule has 158 valence electrons. The highest BCUT2D eigenvalue weighted by atomic mass is 16.5. The summed E-state index contributed by atoms with van der Waals surface area (Å²) in [5.74, 6) is 0.777. The Morgan fingerprint density at radius 1 is 0.933 bits per heavy atom. The maximum absolute atomic E-state index is 13.2. The van der Waals surface area contributed by atoms with E-state index in [0.717, 1.165) is 5.69 Å². The van der Waals surface area contributed by atoms with Gasteiger partial charge in [-0.3, -0.25) is 14.5 Å². The van der Waals surface area contributed by atoms with Gasteiger partial charge in [-0.15, -0.1) is 0 Å². The topological polar surface area (TPSA) is 82.5 Å². The van der Waals surface area contributed by atoms with Crippen LogP contribution in [0.5, 0.6) is 17.2 Å². The molecule has 8 heteroatoms. The van der Waals surface area contributed by atoms with Crippen molar-refractivity contribution in [2.45, 2.75) is 12.5 Å². The maximum Gasteiger partial charge on any atom is 0.251 e. The minimum atomic E-state index is -0.490. The summed E-state index contributed by atoms with van der Waals surface area (Å²) in [5, 5.41) is 10.1. The Labute approximate surface area is 175 Å². The van der Waals surface area contributed by atoms with Crippen molar-refractivity contribution in [1.29, 1.82) is 0 Å². The normalized spacial score (nSPS) is 20.0. The first-order valence-corrected chi connectivity index (χ1v) is 9.89. The molecule has 0 aromatic heterocycles. The van der Waals surface area contributed by atoms with Crippen LogP contribution in [-0.4, -0.2) is 68.3 Å². The first-order valence-electron chi connectivity index (χ1n) is 9.89. The van der Waals surface area contributed by atoms with Gasteiger partial charge in [0.05, 0.1) is 38.1 Å². The second-order valence-electron chi connectivity index (χ2n) is 7.34. The molecule has 2 saturated heterocycles. The highest BCUT2D eigenvalue weighted by Gasteiger charge is 2.44. The van der Waals surface area contributed by atoms with Gasteiger partial charge in [-0.2, -0.15) is 0 Å². The van der Waals surface area contributed by atoms with E-state index in [1.54, 1.807) is 37.4 Å². The summed E-state index contributed by atoms with van der Waals surface area (Å²) in [7, 11) is 3.05. The summed E-state index contributed by atoms with van der Waals surface area (Å²) < 4.78 is 10.6. The molecule has 0 bridgehead atoms. The molecule has 30 heavy (non-hydrogen) atoms. The van der Waals surface area contributed by atoms with Crippen LogP contribution in [0.3, 0.4) is 0 Å². The van der Waals surface area contributed by atoms with E-state index < -0.39 is 6.04 Å². The van der Waals surface area contributed by atoms with Crippen LogP contribution in [0, 0.1) is 0 Å². The van der Waals surface area contributed by atoms with Crippen LogP contribution in [0.15, 0.2) is 42.5 Å². The predicted octanol–water partition coefficient (Wildman–Crippen LogP) is 1.86. The van der Waals surface area contributed by atoms with Crippen LogP contribution in [0.25, 0.3) is 0 Å². The summed E-state index contributed by atoms with van der Waals surface area (Å²) in [6, 6.07) is 11.8. The van der Waals surface area contributed by atoms with Gasteiger partial charge in [-0.25, -0.2) is 4.90 Å². The number of hydrogen-bond donors (Lipinski definition) is 1. The number of piperazine rings is 1. The lowest BCUT2D eigenvalue weighted by Crippen LogP contribution is -2.52. The van der Waals surface area contributed by atoms with E-state index >= 15 is 0 Å². The summed E-state index contributed by atoms with van der Waals surface area (Å²) in [5.41, 5.74) is 1.22. The third kappa shape index (κ3) is 3.54. The number of imide groups is 1. The lowest BCUT2D eigenvalue weighted by molar-refractivity contribution is -0.123. The average molecular weight is 411 g/mol. The lowest BCUT2D eigenvalue weighted by atomic mass is 10.1. The number of nitrogens with zero attached hydrogens (tertiary/aromatic N) is 3. The second kappa shape index (κ2) is 8.23. The minimum Gasteiger partial charge on any atom is -0.506 e. The van der Waals surface area contributed by atoms with Crippen molar-refractivity contribution in [2.24, 2.45) is 0 Å². The number of amides is 2. The van der Waals surface area contributed by atoms with E-state index in [0.29, 0.717) is 43.4 Å². The van der Waals surface area contributed by atoms with E-state index in [9.17, 15) is 14.7 Å². The zero-order chi connectivity index (χ0) is 21.3. The first kappa shape index (κ1) is 20.0. The molecule has 0 spiro atoms. The van der Waals surface area contributed by atoms with Crippen LogP contribution < -0.4 is 19.3 Å². The molecule has 0 saturated carbocycles. The Morgan fingerprint density at radius 2 is 1.67 bits per heavy atom. The van der Waals surface area contributed by atoms with Crippen molar-refractivity contribution in [2.75, 3.05) is 50.2 Å². The molecule has 2 fully saturated rings. The Balaban J connectivity index is 1.48. The number of benzene rings is 2. The van der Waals surface area contributed by atoms with Crippen LogP contribution >= 0.6 is 0 Å². The van der Waals surface area contributed by atoms with Crippen LogP contribution in [0.1, 0.15) is 6.42 Å². The highest BCUT2D eigenvalue weighted by Crippen LogP contribution is 2.36. The average Bonchev–Trinajstić information content (AvgIpc) is 3.07. The number of ether oxygens (including phenoxy) is 2. The van der Waals surface area contributed by atoms with Gasteiger partial charge in [0.15, 0.2) is 0 Å². The summed E-state index contributed by atoms with van der Waals surface area (Å²) in [6.07, 6.45) is 0.143. The SMILES string of the molecule is COc1ccc(N2C(=O)C[C@@H](N3CCN(c4ccccc4O)CC3)C2=O)c(OC)c1. The van der Waals surface area contributed by atoms with Crippen molar-refractivity contribution in [3.63, 3.8) is 0 Å². The zero-order valence-electron chi connectivity index (χ0n) is 17.1. The molecule has 4 rings (SSSR count). The third-order valence-electron chi connectivity index (χ3n) is 5.73. The van der Waals surface area contributed by atoms with Crippen molar-refractivity contribution < 1.29 is 24.2 Å². The molecule has 2 heterocycles. The molecule has 2 aliphatic heterocycles. The number of carbonyl (C=O) groups is 2. The highest BCUT2D eigenvalue weighted by molar-refractivity contribution is 6.23. The smallest absolute Gasteiger partial charge is 0.251 e. The molecule has 0 unspecified atom stereocenters. The summed E-state index contributed by atoms with van der Waals surface area (Å²) in [6.45, 7) is 2.60. The van der Waals surface area contributed by atoms with Gasteiger partial charge in [0.1, 0.15) is 17.2 Å². The second-order valence-corrected chi connectivity index (χ2v) is 7.34. The van der Waals surface area contributed by atoms with E-state index in [2.05, 4.69) is 4.90 Å². The Morgan fingerprint density at radius 3 is 2.33 bits per heavy atom. The largest absolute Gasteiger partial charge is 0.506 e. The molecule has 1 N–H and O–H groups in total. The Hall–Kier alpha value is -3.26. The van der Waals surface area contributed by atoms with Gasteiger partial charge in [0.2, 0.25) is 5.91 Å². The Bertz CT molecular complexity index is 956. The number of carbonyl (C=O) groups excluding carboxylic acids is 2. The van der Waals surface area contributed by atoms with Gasteiger partial charge in [-0.05, 0) is 24.3 Å². The number of methoxy groups -OCH3 is 2. The van der Waals surface area contributed by atoms with Gasteiger partial charge >= 0.3 is 0 Å². The lowest BCUT2D eigenvalue weighted by Gasteiger charge is -2.38. The summed E-state index contributed by atoms with van der Waals surface area (Å²) >= 11 is 0. The number of rotatable bonds is 5. The maximum atomic E-state index is 13.2. The number of phenols is 1. The van der Waals surface area contributed by atoms with Crippen molar-refractivity contribution in [1.82, 2.24) is 4.90 Å². The molecule has 0 radical (unpaired) electrons. The van der Waals surface area contributed by atoms with E-state index in [4.69, 9.17) is 9.47 Å². The number of aromatic hydroxyl groups is 1. The van der Waals surface area contributed by atoms with Crippen LogP contribution in [0.2, 0.25) is 0 Å². The van der Waals surface area contributed by atoms with Gasteiger partial charge in [0.25, 0.3) is 5.91 Å². The number of phenolic OH excluding ortho intramolecular Hbond substituents is 1. The molecule has 2 aliphatic rings. The molecule has 2 aromatic rings. The van der Waals surface area contributed by atoms with E-state index in [1.807, 2.05) is 17.0 Å². The molecular formula is C22H25N3O5. The van der Waals surface area contributed by atoms with Crippen molar-refractivity contribution in [3.8, 4) is 17.2 Å². The molecule has 2 amide bonds. The monoisotopic (exact) mass is 411 g/mol.